The smallest absolute Gasteiger partial charge is 0.164 e. The first-order valence-corrected chi connectivity index (χ1v) is 18.5. The van der Waals surface area contributed by atoms with Crippen molar-refractivity contribution in [1.82, 2.24) is 19.9 Å². The van der Waals surface area contributed by atoms with Gasteiger partial charge in [0.2, 0.25) is 0 Å². The topological polar surface area (TPSA) is 51.6 Å². The van der Waals surface area contributed by atoms with Gasteiger partial charge in [0, 0.05) is 29.1 Å². The van der Waals surface area contributed by atoms with Gasteiger partial charge < -0.3 is 0 Å². The molecule has 4 heteroatoms. The Balaban J connectivity index is 1.21. The van der Waals surface area contributed by atoms with E-state index in [9.17, 15) is 0 Å². The monoisotopic (exact) mass is 702 g/mol. The molecule has 0 N–H and O–H groups in total. The summed E-state index contributed by atoms with van der Waals surface area (Å²) in [4.78, 5) is 19.8. The molecule has 0 aliphatic heterocycles. The quantitative estimate of drug-likeness (QED) is 0.166. The van der Waals surface area contributed by atoms with Crippen LogP contribution in [0.2, 0.25) is 0 Å². The van der Waals surface area contributed by atoms with Crippen LogP contribution in [0.5, 0.6) is 0 Å². The average Bonchev–Trinajstić information content (AvgIpc) is 3.57. The third-order valence-electron chi connectivity index (χ3n) is 10.7. The zero-order valence-corrected chi connectivity index (χ0v) is 29.9. The number of pyridine rings is 1. The number of aromatic nitrogens is 4. The molecule has 2 aromatic heterocycles. The Hall–Kier alpha value is -7.30. The van der Waals surface area contributed by atoms with Crippen LogP contribution in [0, 0.1) is 0 Å². The molecule has 9 aromatic rings. The summed E-state index contributed by atoms with van der Waals surface area (Å²) in [6.07, 6.45) is 3.71. The number of rotatable bonds is 7. The molecule has 1 aliphatic carbocycles. The predicted molar refractivity (Wildman–Crippen MR) is 222 cm³/mol. The highest BCUT2D eigenvalue weighted by atomic mass is 15.0. The van der Waals surface area contributed by atoms with Crippen molar-refractivity contribution in [3.8, 4) is 67.5 Å². The maximum absolute atomic E-state index is 5.23. The van der Waals surface area contributed by atoms with Crippen molar-refractivity contribution < 1.29 is 0 Å². The molecule has 0 radical (unpaired) electrons. The van der Waals surface area contributed by atoms with Gasteiger partial charge in [-0.3, -0.25) is 4.98 Å². The molecule has 0 amide bonds. The lowest BCUT2D eigenvalue weighted by Gasteiger charge is -2.34. The minimum Gasteiger partial charge on any atom is -0.265 e. The van der Waals surface area contributed by atoms with Crippen molar-refractivity contribution in [3.05, 3.63) is 229 Å². The molecule has 0 bridgehead atoms. The molecule has 1 aliphatic rings. The van der Waals surface area contributed by atoms with Crippen LogP contribution in [-0.2, 0) is 5.41 Å². The Morgan fingerprint density at radius 2 is 0.691 bits per heavy atom. The standard InChI is InChI=1S/C51H34N4/c1-5-14-35(15-6-1)38-18-13-19-40(32-38)49-53-48(37-16-7-2-8-17-37)54-50(55-49)41-25-27-45-44-26-24-39(36-28-30-52-31-29-36)33-46(44)51(47(45)34-41,42-20-9-3-10-21-42)43-22-11-4-12-23-43/h1-34H. The van der Waals surface area contributed by atoms with Crippen LogP contribution in [-0.4, -0.2) is 19.9 Å². The van der Waals surface area contributed by atoms with Gasteiger partial charge in [0.15, 0.2) is 17.5 Å². The summed E-state index contributed by atoms with van der Waals surface area (Å²) in [5.74, 6) is 1.89. The fraction of sp³-hybridized carbons (Fsp3) is 0.0196. The molecule has 0 fully saturated rings. The zero-order chi connectivity index (χ0) is 36.6. The molecule has 55 heavy (non-hydrogen) atoms. The van der Waals surface area contributed by atoms with Gasteiger partial charge in [0.25, 0.3) is 0 Å². The maximum atomic E-state index is 5.23. The fourth-order valence-electron chi connectivity index (χ4n) is 8.17. The summed E-state index contributed by atoms with van der Waals surface area (Å²) in [7, 11) is 0. The van der Waals surface area contributed by atoms with E-state index < -0.39 is 5.41 Å². The molecule has 10 rings (SSSR count). The van der Waals surface area contributed by atoms with Crippen molar-refractivity contribution in [2.24, 2.45) is 0 Å². The average molecular weight is 703 g/mol. The fourth-order valence-corrected chi connectivity index (χ4v) is 8.17. The number of hydrogen-bond donors (Lipinski definition) is 0. The van der Waals surface area contributed by atoms with E-state index in [-0.39, 0.29) is 0 Å². The van der Waals surface area contributed by atoms with E-state index in [1.807, 2.05) is 36.7 Å². The number of benzene rings is 7. The highest BCUT2D eigenvalue weighted by Gasteiger charge is 2.46. The van der Waals surface area contributed by atoms with Gasteiger partial charge in [-0.2, -0.15) is 0 Å². The largest absolute Gasteiger partial charge is 0.265 e. The molecule has 258 valence electrons. The number of hydrogen-bond acceptors (Lipinski definition) is 4. The Bertz CT molecular complexity index is 2750. The maximum Gasteiger partial charge on any atom is 0.164 e. The van der Waals surface area contributed by atoms with Crippen LogP contribution in [0.15, 0.2) is 207 Å². The lowest BCUT2D eigenvalue weighted by Crippen LogP contribution is -2.28. The number of fused-ring (bicyclic) bond motifs is 3. The second kappa shape index (κ2) is 13.6. The summed E-state index contributed by atoms with van der Waals surface area (Å²) in [6.45, 7) is 0. The molecule has 7 aromatic carbocycles. The van der Waals surface area contributed by atoms with Crippen LogP contribution in [0.3, 0.4) is 0 Å². The van der Waals surface area contributed by atoms with Gasteiger partial charge in [-0.15, -0.1) is 0 Å². The van der Waals surface area contributed by atoms with E-state index in [0.29, 0.717) is 17.5 Å². The Morgan fingerprint density at radius 1 is 0.291 bits per heavy atom. The molecule has 0 spiro atoms. The second-order valence-corrected chi connectivity index (χ2v) is 13.9. The van der Waals surface area contributed by atoms with Crippen LogP contribution in [0.25, 0.3) is 67.5 Å². The van der Waals surface area contributed by atoms with Crippen molar-refractivity contribution >= 4 is 0 Å². The first-order chi connectivity index (χ1) is 27.3. The summed E-state index contributed by atoms with van der Waals surface area (Å²) in [5.41, 5.74) is 14.0. The summed E-state index contributed by atoms with van der Waals surface area (Å²) >= 11 is 0. The van der Waals surface area contributed by atoms with E-state index in [1.54, 1.807) is 0 Å². The van der Waals surface area contributed by atoms with Crippen LogP contribution in [0.4, 0.5) is 0 Å². The van der Waals surface area contributed by atoms with Gasteiger partial charge in [-0.25, -0.2) is 15.0 Å². The third-order valence-corrected chi connectivity index (χ3v) is 10.7. The van der Waals surface area contributed by atoms with E-state index in [0.717, 1.165) is 38.9 Å². The molecule has 0 atom stereocenters. The zero-order valence-electron chi connectivity index (χ0n) is 29.9. The molecule has 4 nitrogen and oxygen atoms in total. The Labute approximate surface area is 320 Å². The molecule has 0 saturated heterocycles. The Morgan fingerprint density at radius 3 is 1.27 bits per heavy atom. The lowest BCUT2D eigenvalue weighted by atomic mass is 9.67. The van der Waals surface area contributed by atoms with Crippen LogP contribution in [0.1, 0.15) is 22.3 Å². The van der Waals surface area contributed by atoms with Crippen molar-refractivity contribution in [2.75, 3.05) is 0 Å². The third kappa shape index (κ3) is 5.63. The number of nitrogens with zero attached hydrogens (tertiary/aromatic N) is 4. The van der Waals surface area contributed by atoms with E-state index in [4.69, 9.17) is 15.0 Å². The molecule has 2 heterocycles. The minimum atomic E-state index is -0.603. The Kier molecular flexibility index (Phi) is 8.00. The summed E-state index contributed by atoms with van der Waals surface area (Å²) < 4.78 is 0. The van der Waals surface area contributed by atoms with Gasteiger partial charge in [-0.05, 0) is 86.0 Å². The van der Waals surface area contributed by atoms with E-state index in [1.165, 1.54) is 33.4 Å². The van der Waals surface area contributed by atoms with Gasteiger partial charge in [-0.1, -0.05) is 164 Å². The summed E-state index contributed by atoms with van der Waals surface area (Å²) in [6, 6.07) is 68.6. The van der Waals surface area contributed by atoms with Crippen LogP contribution < -0.4 is 0 Å². The normalized spacial score (nSPS) is 12.5. The summed E-state index contributed by atoms with van der Waals surface area (Å²) in [5, 5.41) is 0. The molecule has 0 saturated carbocycles. The first-order valence-electron chi connectivity index (χ1n) is 18.5. The molecular weight excluding hydrogens is 669 g/mol. The van der Waals surface area contributed by atoms with Crippen LogP contribution >= 0.6 is 0 Å². The van der Waals surface area contributed by atoms with E-state index in [2.05, 4.69) is 175 Å². The van der Waals surface area contributed by atoms with Crippen molar-refractivity contribution in [2.45, 2.75) is 5.41 Å². The first kappa shape index (κ1) is 32.4. The van der Waals surface area contributed by atoms with Gasteiger partial charge >= 0.3 is 0 Å². The van der Waals surface area contributed by atoms with Crippen molar-refractivity contribution in [3.63, 3.8) is 0 Å². The second-order valence-electron chi connectivity index (χ2n) is 13.9. The highest BCUT2D eigenvalue weighted by molar-refractivity contribution is 5.90. The van der Waals surface area contributed by atoms with Gasteiger partial charge in [0.1, 0.15) is 0 Å². The lowest BCUT2D eigenvalue weighted by molar-refractivity contribution is 0.769. The van der Waals surface area contributed by atoms with Gasteiger partial charge in [0.05, 0.1) is 5.41 Å². The van der Waals surface area contributed by atoms with E-state index >= 15 is 0 Å². The highest BCUT2D eigenvalue weighted by Crippen LogP contribution is 2.57. The SMILES string of the molecule is c1ccc(-c2cccc(-c3nc(-c4ccccc4)nc(-c4ccc5c(c4)C(c4ccccc4)(c4ccccc4)c4cc(-c6ccncc6)ccc4-5)n3)c2)cc1. The van der Waals surface area contributed by atoms with Crippen molar-refractivity contribution in [1.29, 1.82) is 0 Å². The predicted octanol–water partition coefficient (Wildman–Crippen LogP) is 12.0. The minimum absolute atomic E-state index is 0.603. The molecular formula is C51H34N4. The molecule has 0 unspecified atom stereocenters.